The Morgan fingerprint density at radius 1 is 1.22 bits per heavy atom. The summed E-state index contributed by atoms with van der Waals surface area (Å²) in [5.74, 6) is 0.0503. The van der Waals surface area contributed by atoms with Crippen molar-refractivity contribution in [3.05, 3.63) is 35.4 Å². The maximum absolute atomic E-state index is 12.5. The SMILES string of the molecule is CCN(Cc1ccc(C(=O)N(C)CC(C)(C)CN)cc1)C(C)C. The van der Waals surface area contributed by atoms with Crippen molar-refractivity contribution in [1.29, 1.82) is 0 Å². The molecule has 23 heavy (non-hydrogen) atoms. The average Bonchev–Trinajstić information content (AvgIpc) is 2.51. The highest BCUT2D eigenvalue weighted by atomic mass is 16.2. The maximum Gasteiger partial charge on any atom is 0.253 e. The number of rotatable bonds is 8. The summed E-state index contributed by atoms with van der Waals surface area (Å²) in [6.45, 7) is 13.9. The van der Waals surface area contributed by atoms with Gasteiger partial charge >= 0.3 is 0 Å². The highest BCUT2D eigenvalue weighted by Gasteiger charge is 2.21. The van der Waals surface area contributed by atoms with Crippen LogP contribution >= 0.6 is 0 Å². The Morgan fingerprint density at radius 2 is 1.78 bits per heavy atom. The molecule has 0 saturated carbocycles. The minimum absolute atomic E-state index is 0.0503. The van der Waals surface area contributed by atoms with Crippen molar-refractivity contribution in [3.8, 4) is 0 Å². The second-order valence-corrected chi connectivity index (χ2v) is 7.38. The van der Waals surface area contributed by atoms with E-state index in [1.54, 1.807) is 4.90 Å². The van der Waals surface area contributed by atoms with Gasteiger partial charge in [-0.1, -0.05) is 32.9 Å². The number of carbonyl (C=O) groups excluding carboxylic acids is 1. The van der Waals surface area contributed by atoms with Crippen molar-refractivity contribution in [1.82, 2.24) is 9.80 Å². The third-order valence-electron chi connectivity index (χ3n) is 4.29. The molecule has 0 fully saturated rings. The number of hydrogen-bond donors (Lipinski definition) is 1. The topological polar surface area (TPSA) is 49.6 Å². The van der Waals surface area contributed by atoms with Gasteiger partial charge in [0.15, 0.2) is 0 Å². The van der Waals surface area contributed by atoms with E-state index in [2.05, 4.69) is 51.7 Å². The van der Waals surface area contributed by atoms with E-state index < -0.39 is 0 Å². The normalized spacial score (nSPS) is 12.0. The van der Waals surface area contributed by atoms with Crippen LogP contribution in [0.15, 0.2) is 24.3 Å². The Bertz CT molecular complexity index is 494. The van der Waals surface area contributed by atoms with E-state index in [0.717, 1.165) is 18.7 Å². The molecule has 1 aromatic rings. The van der Waals surface area contributed by atoms with Crippen LogP contribution in [0.1, 0.15) is 50.5 Å². The fraction of sp³-hybridized carbons (Fsp3) is 0.632. The molecule has 2 N–H and O–H groups in total. The van der Waals surface area contributed by atoms with E-state index >= 15 is 0 Å². The van der Waals surface area contributed by atoms with E-state index in [9.17, 15) is 4.79 Å². The minimum Gasteiger partial charge on any atom is -0.341 e. The lowest BCUT2D eigenvalue weighted by Crippen LogP contribution is -2.39. The first-order valence-corrected chi connectivity index (χ1v) is 8.48. The molecule has 1 aromatic carbocycles. The summed E-state index contributed by atoms with van der Waals surface area (Å²) in [5, 5.41) is 0. The Labute approximate surface area is 141 Å². The number of amides is 1. The predicted octanol–water partition coefficient (Wildman–Crippen LogP) is 2.97. The van der Waals surface area contributed by atoms with Gasteiger partial charge in [0.05, 0.1) is 0 Å². The summed E-state index contributed by atoms with van der Waals surface area (Å²) in [6, 6.07) is 8.49. The predicted molar refractivity (Wildman–Crippen MR) is 97.5 cm³/mol. The molecule has 0 spiro atoms. The molecule has 0 aliphatic carbocycles. The summed E-state index contributed by atoms with van der Waals surface area (Å²) in [6.07, 6.45) is 0. The Balaban J connectivity index is 2.74. The minimum atomic E-state index is -0.0662. The van der Waals surface area contributed by atoms with E-state index in [1.807, 2.05) is 19.2 Å². The summed E-state index contributed by atoms with van der Waals surface area (Å²) >= 11 is 0. The summed E-state index contributed by atoms with van der Waals surface area (Å²) < 4.78 is 0. The largest absolute Gasteiger partial charge is 0.341 e. The van der Waals surface area contributed by atoms with Crippen LogP contribution in [0.5, 0.6) is 0 Å². The first kappa shape index (κ1) is 19.7. The number of nitrogens with two attached hydrogens (primary N) is 1. The Hall–Kier alpha value is -1.39. The molecule has 1 rings (SSSR count). The van der Waals surface area contributed by atoms with Gasteiger partial charge in [0.2, 0.25) is 0 Å². The van der Waals surface area contributed by atoms with Crippen LogP contribution in [0.4, 0.5) is 0 Å². The van der Waals surface area contributed by atoms with Crippen LogP contribution in [-0.2, 0) is 6.54 Å². The lowest BCUT2D eigenvalue weighted by molar-refractivity contribution is 0.0740. The molecule has 0 aliphatic heterocycles. The second kappa shape index (κ2) is 8.46. The average molecular weight is 319 g/mol. The Morgan fingerprint density at radius 3 is 2.22 bits per heavy atom. The smallest absolute Gasteiger partial charge is 0.253 e. The molecule has 4 heteroatoms. The highest BCUT2D eigenvalue weighted by molar-refractivity contribution is 5.94. The number of carbonyl (C=O) groups is 1. The van der Waals surface area contributed by atoms with Crippen molar-refractivity contribution < 1.29 is 4.79 Å². The van der Waals surface area contributed by atoms with Gasteiger partial charge in [0.25, 0.3) is 5.91 Å². The molecule has 0 atom stereocenters. The van der Waals surface area contributed by atoms with Gasteiger partial charge in [-0.15, -0.1) is 0 Å². The van der Waals surface area contributed by atoms with Gasteiger partial charge in [-0.05, 0) is 50.0 Å². The molecule has 4 nitrogen and oxygen atoms in total. The molecule has 0 radical (unpaired) electrons. The zero-order valence-electron chi connectivity index (χ0n) is 15.6. The second-order valence-electron chi connectivity index (χ2n) is 7.38. The van der Waals surface area contributed by atoms with Gasteiger partial charge in [-0.25, -0.2) is 0 Å². The van der Waals surface area contributed by atoms with Gasteiger partial charge in [-0.2, -0.15) is 0 Å². The summed E-state index contributed by atoms with van der Waals surface area (Å²) in [7, 11) is 1.84. The van der Waals surface area contributed by atoms with Gasteiger partial charge in [0, 0.05) is 31.7 Å². The third-order valence-corrected chi connectivity index (χ3v) is 4.29. The van der Waals surface area contributed by atoms with Crippen LogP contribution in [0.25, 0.3) is 0 Å². The van der Waals surface area contributed by atoms with E-state index in [-0.39, 0.29) is 11.3 Å². The van der Waals surface area contributed by atoms with Gasteiger partial charge < -0.3 is 10.6 Å². The molecule has 0 saturated heterocycles. The zero-order chi connectivity index (χ0) is 17.6. The molecule has 0 aromatic heterocycles. The number of hydrogen-bond acceptors (Lipinski definition) is 3. The van der Waals surface area contributed by atoms with Crippen molar-refractivity contribution in [3.63, 3.8) is 0 Å². The van der Waals surface area contributed by atoms with E-state index in [0.29, 0.717) is 19.1 Å². The molecule has 1 amide bonds. The van der Waals surface area contributed by atoms with E-state index in [1.165, 1.54) is 5.56 Å². The fourth-order valence-corrected chi connectivity index (χ4v) is 2.65. The molecule has 130 valence electrons. The zero-order valence-corrected chi connectivity index (χ0v) is 15.6. The quantitative estimate of drug-likeness (QED) is 0.801. The molecule has 0 unspecified atom stereocenters. The van der Waals surface area contributed by atoms with Crippen molar-refractivity contribution in [2.24, 2.45) is 11.1 Å². The lowest BCUT2D eigenvalue weighted by Gasteiger charge is -2.29. The molecular weight excluding hydrogens is 286 g/mol. The van der Waals surface area contributed by atoms with Crippen LogP contribution in [0.3, 0.4) is 0 Å². The van der Waals surface area contributed by atoms with Crippen LogP contribution < -0.4 is 5.73 Å². The van der Waals surface area contributed by atoms with Crippen LogP contribution in [0, 0.1) is 5.41 Å². The van der Waals surface area contributed by atoms with Gasteiger partial charge in [0.1, 0.15) is 0 Å². The van der Waals surface area contributed by atoms with Crippen molar-refractivity contribution in [2.75, 3.05) is 26.7 Å². The fourth-order valence-electron chi connectivity index (χ4n) is 2.65. The van der Waals surface area contributed by atoms with E-state index in [4.69, 9.17) is 5.73 Å². The molecule has 0 aliphatic rings. The first-order valence-electron chi connectivity index (χ1n) is 8.48. The molecule has 0 bridgehead atoms. The molecular formula is C19H33N3O. The lowest BCUT2D eigenvalue weighted by atomic mass is 9.93. The maximum atomic E-state index is 12.5. The van der Waals surface area contributed by atoms with Crippen molar-refractivity contribution >= 4 is 5.91 Å². The van der Waals surface area contributed by atoms with Crippen molar-refractivity contribution in [2.45, 2.75) is 47.2 Å². The van der Waals surface area contributed by atoms with Gasteiger partial charge in [-0.3, -0.25) is 9.69 Å². The highest BCUT2D eigenvalue weighted by Crippen LogP contribution is 2.16. The Kier molecular flexibility index (Phi) is 7.23. The van der Waals surface area contributed by atoms with Crippen LogP contribution in [-0.4, -0.2) is 48.4 Å². The molecule has 0 heterocycles. The monoisotopic (exact) mass is 319 g/mol. The standard InChI is InChI=1S/C19H33N3O/c1-7-22(15(2)3)12-16-8-10-17(11-9-16)18(23)21(6)14-19(4,5)13-20/h8-11,15H,7,12-14,20H2,1-6H3. The number of nitrogens with zero attached hydrogens (tertiary/aromatic N) is 2. The third kappa shape index (κ3) is 5.96. The number of benzene rings is 1. The first-order chi connectivity index (χ1) is 10.7. The summed E-state index contributed by atoms with van der Waals surface area (Å²) in [5.41, 5.74) is 7.66. The van der Waals surface area contributed by atoms with Crippen LogP contribution in [0.2, 0.25) is 0 Å². The summed E-state index contributed by atoms with van der Waals surface area (Å²) in [4.78, 5) is 16.7.